The molecule has 0 amide bonds. The number of unbranched alkanes of at least 4 members (excludes halogenated alkanes) is 26. The smallest absolute Gasteiger partial charge is 0.306 e. The quantitative estimate of drug-likeness (QED) is 0.0199. The molecule has 6 nitrogen and oxygen atoms in total. The van der Waals surface area contributed by atoms with E-state index in [1.165, 1.54) is 128 Å². The molecular formula is C57H98O6. The summed E-state index contributed by atoms with van der Waals surface area (Å²) in [5, 5.41) is 0. The van der Waals surface area contributed by atoms with Crippen LogP contribution in [0.4, 0.5) is 0 Å². The minimum Gasteiger partial charge on any atom is -0.462 e. The molecule has 0 bridgehead atoms. The molecule has 0 aliphatic carbocycles. The zero-order chi connectivity index (χ0) is 45.8. The fraction of sp³-hybridized carbons (Fsp3) is 0.737. The maximum atomic E-state index is 12.8. The Morgan fingerprint density at radius 2 is 0.714 bits per heavy atom. The summed E-state index contributed by atoms with van der Waals surface area (Å²) in [5.74, 6) is -0.997. The molecule has 0 saturated carbocycles. The lowest BCUT2D eigenvalue weighted by Crippen LogP contribution is -2.30. The van der Waals surface area contributed by atoms with E-state index >= 15 is 0 Å². The van der Waals surface area contributed by atoms with Crippen LogP contribution in [0.25, 0.3) is 0 Å². The van der Waals surface area contributed by atoms with Crippen LogP contribution in [-0.4, -0.2) is 37.2 Å². The topological polar surface area (TPSA) is 78.9 Å². The van der Waals surface area contributed by atoms with E-state index in [1.807, 2.05) is 6.08 Å². The van der Waals surface area contributed by atoms with E-state index in [4.69, 9.17) is 14.2 Å². The van der Waals surface area contributed by atoms with Crippen molar-refractivity contribution in [1.82, 2.24) is 0 Å². The second-order valence-electron chi connectivity index (χ2n) is 17.5. The first-order valence-corrected chi connectivity index (χ1v) is 26.5. The molecule has 1 unspecified atom stereocenters. The van der Waals surface area contributed by atoms with Crippen molar-refractivity contribution >= 4 is 17.9 Å². The van der Waals surface area contributed by atoms with Gasteiger partial charge in [-0.1, -0.05) is 222 Å². The third-order valence-electron chi connectivity index (χ3n) is 11.2. The van der Waals surface area contributed by atoms with Gasteiger partial charge in [-0.3, -0.25) is 14.4 Å². The highest BCUT2D eigenvalue weighted by molar-refractivity contribution is 5.71. The van der Waals surface area contributed by atoms with Crippen LogP contribution in [0.5, 0.6) is 0 Å². The summed E-state index contributed by atoms with van der Waals surface area (Å²) in [6, 6.07) is 0. The first-order chi connectivity index (χ1) is 31.0. The van der Waals surface area contributed by atoms with Gasteiger partial charge in [-0.05, 0) is 83.5 Å². The van der Waals surface area contributed by atoms with Gasteiger partial charge in [0.25, 0.3) is 0 Å². The van der Waals surface area contributed by atoms with Gasteiger partial charge in [0, 0.05) is 19.3 Å². The molecule has 0 radical (unpaired) electrons. The third kappa shape index (κ3) is 49.7. The molecule has 0 spiro atoms. The molecule has 0 N–H and O–H groups in total. The highest BCUT2D eigenvalue weighted by Gasteiger charge is 2.19. The standard InChI is InChI=1S/C57H98O6/c1-4-7-10-13-16-19-22-25-26-27-28-29-30-33-35-38-41-44-47-50-56(59)62-53-54(63-57(60)51-48-45-42-39-36-32-24-21-18-15-12-9-6-3)52-61-55(58)49-46-43-40-37-34-31-23-20-17-14-11-8-5-2/h9,12,15,18,21,24,27-28,31,34,40,43,54H,4-8,10-11,13-14,16-17,19-20,22-23,25-26,29-30,32-33,35-39,41-42,44-53H2,1-3H3/b12-9+,18-15+,24-21+,28-27+,34-31+,43-40+. The van der Waals surface area contributed by atoms with Crippen molar-refractivity contribution in [2.45, 2.75) is 258 Å². The number of rotatable bonds is 47. The zero-order valence-electron chi connectivity index (χ0n) is 41.3. The van der Waals surface area contributed by atoms with E-state index in [9.17, 15) is 14.4 Å². The molecule has 0 aromatic rings. The van der Waals surface area contributed by atoms with Gasteiger partial charge in [0.1, 0.15) is 13.2 Å². The number of allylic oxidation sites excluding steroid dienone is 12. The first kappa shape index (κ1) is 59.9. The number of esters is 3. The Hall–Kier alpha value is -3.15. The molecule has 0 fully saturated rings. The Morgan fingerprint density at radius 3 is 1.19 bits per heavy atom. The second-order valence-corrected chi connectivity index (χ2v) is 17.5. The monoisotopic (exact) mass is 879 g/mol. The average Bonchev–Trinajstić information content (AvgIpc) is 3.28. The van der Waals surface area contributed by atoms with Crippen LogP contribution in [0.1, 0.15) is 252 Å². The van der Waals surface area contributed by atoms with Crippen LogP contribution in [0.15, 0.2) is 72.9 Å². The Kier molecular flexibility index (Phi) is 48.9. The molecule has 0 saturated heterocycles. The summed E-state index contributed by atoms with van der Waals surface area (Å²) in [4.78, 5) is 37.9. The Balaban J connectivity index is 4.42. The van der Waals surface area contributed by atoms with Crippen molar-refractivity contribution in [2.75, 3.05) is 13.2 Å². The number of hydrogen-bond acceptors (Lipinski definition) is 6. The lowest BCUT2D eigenvalue weighted by atomic mass is 10.1. The summed E-state index contributed by atoms with van der Waals surface area (Å²) < 4.78 is 16.7. The zero-order valence-corrected chi connectivity index (χ0v) is 41.3. The highest BCUT2D eigenvalue weighted by Crippen LogP contribution is 2.14. The van der Waals surface area contributed by atoms with Gasteiger partial charge < -0.3 is 14.2 Å². The molecule has 0 rings (SSSR count). The lowest BCUT2D eigenvalue weighted by Gasteiger charge is -2.18. The predicted octanol–water partition coefficient (Wildman–Crippen LogP) is 17.4. The second kappa shape index (κ2) is 51.5. The van der Waals surface area contributed by atoms with E-state index in [0.29, 0.717) is 19.3 Å². The fourth-order valence-electron chi connectivity index (χ4n) is 7.25. The minimum absolute atomic E-state index is 0.103. The van der Waals surface area contributed by atoms with Gasteiger partial charge in [0.05, 0.1) is 0 Å². The number of ether oxygens (including phenoxy) is 3. The summed E-state index contributed by atoms with van der Waals surface area (Å²) >= 11 is 0. The van der Waals surface area contributed by atoms with Crippen LogP contribution >= 0.6 is 0 Å². The van der Waals surface area contributed by atoms with Gasteiger partial charge in [0.2, 0.25) is 0 Å². The highest BCUT2D eigenvalue weighted by atomic mass is 16.6. The van der Waals surface area contributed by atoms with Crippen molar-refractivity contribution < 1.29 is 28.6 Å². The summed E-state index contributed by atoms with van der Waals surface area (Å²) in [7, 11) is 0. The first-order valence-electron chi connectivity index (χ1n) is 26.5. The minimum atomic E-state index is -0.809. The average molecular weight is 879 g/mol. The largest absolute Gasteiger partial charge is 0.462 e. The van der Waals surface area contributed by atoms with Crippen molar-refractivity contribution in [3.8, 4) is 0 Å². The van der Waals surface area contributed by atoms with Crippen LogP contribution in [-0.2, 0) is 28.6 Å². The predicted molar refractivity (Wildman–Crippen MR) is 270 cm³/mol. The van der Waals surface area contributed by atoms with Gasteiger partial charge >= 0.3 is 17.9 Å². The van der Waals surface area contributed by atoms with E-state index < -0.39 is 6.10 Å². The Morgan fingerprint density at radius 1 is 0.349 bits per heavy atom. The van der Waals surface area contributed by atoms with Crippen molar-refractivity contribution in [1.29, 1.82) is 0 Å². The summed E-state index contributed by atoms with van der Waals surface area (Å²) in [6.45, 7) is 6.43. The van der Waals surface area contributed by atoms with Gasteiger partial charge in [-0.15, -0.1) is 0 Å². The molecule has 0 aromatic carbocycles. The van der Waals surface area contributed by atoms with Crippen molar-refractivity contribution in [3.05, 3.63) is 72.9 Å². The number of carbonyl (C=O) groups excluding carboxylic acids is 3. The summed E-state index contributed by atoms with van der Waals surface area (Å²) in [5.41, 5.74) is 0. The SMILES string of the molecule is CC/C=C/C=C/C=C/CCCCCCCC(=O)OC(COC(=O)CC/C=C/C/C=C/CCCCCCCC)COC(=O)CCCCCCCCC/C=C/CCCCCCCCCC. The van der Waals surface area contributed by atoms with E-state index in [2.05, 4.69) is 87.6 Å². The van der Waals surface area contributed by atoms with Crippen molar-refractivity contribution in [2.24, 2.45) is 0 Å². The van der Waals surface area contributed by atoms with Gasteiger partial charge in [0.15, 0.2) is 6.10 Å². The maximum Gasteiger partial charge on any atom is 0.306 e. The molecule has 0 aliphatic heterocycles. The lowest BCUT2D eigenvalue weighted by molar-refractivity contribution is -0.166. The van der Waals surface area contributed by atoms with Crippen molar-refractivity contribution in [3.63, 3.8) is 0 Å². The Bertz CT molecular complexity index is 1190. The number of hydrogen-bond donors (Lipinski definition) is 0. The summed E-state index contributed by atoms with van der Waals surface area (Å²) in [6.07, 6.45) is 64.8. The van der Waals surface area contributed by atoms with Crippen LogP contribution in [0, 0.1) is 0 Å². The van der Waals surface area contributed by atoms with Crippen LogP contribution < -0.4 is 0 Å². The normalized spacial score (nSPS) is 12.6. The Labute approximate surface area is 389 Å². The fourth-order valence-corrected chi connectivity index (χ4v) is 7.25. The molecule has 63 heavy (non-hydrogen) atoms. The van der Waals surface area contributed by atoms with E-state index in [0.717, 1.165) is 77.0 Å². The number of carbonyl (C=O) groups is 3. The molecule has 362 valence electrons. The van der Waals surface area contributed by atoms with E-state index in [-0.39, 0.29) is 37.5 Å². The van der Waals surface area contributed by atoms with Gasteiger partial charge in [-0.25, -0.2) is 0 Å². The molecule has 1 atom stereocenters. The molecule has 0 aromatic heterocycles. The van der Waals surface area contributed by atoms with Crippen LogP contribution in [0.2, 0.25) is 0 Å². The molecule has 0 aliphatic rings. The molecular weight excluding hydrogens is 781 g/mol. The molecule has 0 heterocycles. The maximum absolute atomic E-state index is 12.8. The van der Waals surface area contributed by atoms with E-state index in [1.54, 1.807) is 0 Å². The van der Waals surface area contributed by atoms with Gasteiger partial charge in [-0.2, -0.15) is 0 Å². The van der Waals surface area contributed by atoms with Crippen LogP contribution in [0.3, 0.4) is 0 Å². The molecule has 6 heteroatoms. The third-order valence-corrected chi connectivity index (χ3v) is 11.2.